The van der Waals surface area contributed by atoms with Crippen molar-refractivity contribution in [1.82, 2.24) is 19.9 Å². The molecule has 0 amide bonds. The molecule has 0 bridgehead atoms. The molecule has 0 unspecified atom stereocenters. The monoisotopic (exact) mass is 273 g/mol. The maximum Gasteiger partial charge on any atom is 0.157 e. The maximum atomic E-state index is 4.36. The Bertz CT molecular complexity index is 569. The van der Waals surface area contributed by atoms with Crippen LogP contribution in [0.25, 0.3) is 5.65 Å². The number of aromatic nitrogens is 3. The maximum absolute atomic E-state index is 4.36. The van der Waals surface area contributed by atoms with Crippen molar-refractivity contribution in [3.05, 3.63) is 24.0 Å². The highest BCUT2D eigenvalue weighted by Gasteiger charge is 2.21. The van der Waals surface area contributed by atoms with E-state index >= 15 is 0 Å². The van der Waals surface area contributed by atoms with Gasteiger partial charge in [0, 0.05) is 13.1 Å². The molecule has 1 aliphatic rings. The van der Waals surface area contributed by atoms with Gasteiger partial charge in [-0.1, -0.05) is 6.92 Å². The van der Waals surface area contributed by atoms with E-state index in [0.29, 0.717) is 0 Å². The van der Waals surface area contributed by atoms with Crippen LogP contribution in [-0.4, -0.2) is 40.8 Å². The Morgan fingerprint density at radius 1 is 1.30 bits per heavy atom. The van der Waals surface area contributed by atoms with Gasteiger partial charge in [0.2, 0.25) is 0 Å². The molecule has 2 aromatic heterocycles. The Morgan fingerprint density at radius 3 is 2.85 bits per heavy atom. The van der Waals surface area contributed by atoms with Gasteiger partial charge in [-0.15, -0.1) is 0 Å². The van der Waals surface area contributed by atoms with Crippen molar-refractivity contribution in [1.29, 1.82) is 0 Å². The fourth-order valence-corrected chi connectivity index (χ4v) is 2.98. The number of anilines is 1. The number of piperidine rings is 1. The average molecular weight is 273 g/mol. The molecule has 20 heavy (non-hydrogen) atoms. The van der Waals surface area contributed by atoms with Crippen molar-refractivity contribution in [2.24, 2.45) is 5.92 Å². The number of nitrogens with one attached hydrogen (secondary N) is 1. The normalized spacial score (nSPS) is 17.0. The predicted octanol–water partition coefficient (Wildman–Crippen LogP) is 1.86. The lowest BCUT2D eigenvalue weighted by Gasteiger charge is -2.33. The Hall–Kier alpha value is -1.62. The second kappa shape index (κ2) is 5.79. The number of aryl methyl sites for hydroxylation is 1. The van der Waals surface area contributed by atoms with Crippen molar-refractivity contribution < 1.29 is 0 Å². The van der Waals surface area contributed by atoms with Gasteiger partial charge in [-0.3, -0.25) is 0 Å². The largest absolute Gasteiger partial charge is 0.356 e. The molecule has 0 aliphatic carbocycles. The van der Waals surface area contributed by atoms with Crippen molar-refractivity contribution in [2.75, 3.05) is 31.1 Å². The minimum Gasteiger partial charge on any atom is -0.356 e. The zero-order valence-corrected chi connectivity index (χ0v) is 12.3. The third-order valence-corrected chi connectivity index (χ3v) is 4.13. The molecule has 3 heterocycles. The minimum atomic E-state index is 0.808. The first-order valence-corrected chi connectivity index (χ1v) is 7.54. The van der Waals surface area contributed by atoms with Crippen LogP contribution in [0.4, 0.5) is 5.82 Å². The molecule has 0 atom stereocenters. The second-order valence-corrected chi connectivity index (χ2v) is 5.66. The summed E-state index contributed by atoms with van der Waals surface area (Å²) in [5.41, 5.74) is 2.19. The van der Waals surface area contributed by atoms with E-state index in [1.807, 2.05) is 4.52 Å². The Kier molecular flexibility index (Phi) is 3.87. The topological polar surface area (TPSA) is 45.5 Å². The molecule has 0 radical (unpaired) electrons. The summed E-state index contributed by atoms with van der Waals surface area (Å²) in [4.78, 5) is 6.75. The van der Waals surface area contributed by atoms with Crippen molar-refractivity contribution in [3.8, 4) is 0 Å². The van der Waals surface area contributed by atoms with Crippen molar-refractivity contribution in [3.63, 3.8) is 0 Å². The number of fused-ring (bicyclic) bond motifs is 1. The molecule has 5 nitrogen and oxygen atoms in total. The van der Waals surface area contributed by atoms with Crippen LogP contribution in [0.1, 0.15) is 25.3 Å². The molecule has 0 aromatic carbocycles. The van der Waals surface area contributed by atoms with Crippen LogP contribution >= 0.6 is 0 Å². The first-order valence-electron chi connectivity index (χ1n) is 7.54. The van der Waals surface area contributed by atoms with Gasteiger partial charge in [-0.2, -0.15) is 9.61 Å². The summed E-state index contributed by atoms with van der Waals surface area (Å²) >= 11 is 0. The van der Waals surface area contributed by atoms with Crippen LogP contribution in [0.5, 0.6) is 0 Å². The van der Waals surface area contributed by atoms with E-state index in [0.717, 1.165) is 37.7 Å². The van der Waals surface area contributed by atoms with E-state index in [1.165, 1.54) is 24.2 Å². The number of hydrogen-bond donors (Lipinski definition) is 1. The molecule has 3 rings (SSSR count). The van der Waals surface area contributed by atoms with Crippen LogP contribution in [0, 0.1) is 12.8 Å². The van der Waals surface area contributed by atoms with Gasteiger partial charge >= 0.3 is 0 Å². The van der Waals surface area contributed by atoms with Gasteiger partial charge in [-0.05, 0) is 56.5 Å². The Morgan fingerprint density at radius 2 is 2.10 bits per heavy atom. The predicted molar refractivity (Wildman–Crippen MR) is 81.2 cm³/mol. The molecule has 1 aliphatic heterocycles. The molecule has 2 aromatic rings. The summed E-state index contributed by atoms with van der Waals surface area (Å²) in [6.45, 7) is 8.72. The van der Waals surface area contributed by atoms with Gasteiger partial charge in [0.15, 0.2) is 5.65 Å². The first kappa shape index (κ1) is 13.4. The zero-order chi connectivity index (χ0) is 13.9. The van der Waals surface area contributed by atoms with E-state index in [9.17, 15) is 0 Å². The molecular formula is C15H23N5. The average Bonchev–Trinajstić information content (AvgIpc) is 2.93. The molecule has 1 fully saturated rings. The quantitative estimate of drug-likeness (QED) is 0.923. The van der Waals surface area contributed by atoms with E-state index in [4.69, 9.17) is 0 Å². The smallest absolute Gasteiger partial charge is 0.157 e. The van der Waals surface area contributed by atoms with Crippen LogP contribution in [-0.2, 0) is 0 Å². The lowest BCUT2D eigenvalue weighted by Crippen LogP contribution is -2.38. The third kappa shape index (κ3) is 2.63. The summed E-state index contributed by atoms with van der Waals surface area (Å²) in [5, 5.41) is 7.82. The standard InChI is InChI=1S/C15H23N5/c1-3-16-10-13-4-6-19(7-5-13)15-9-12(2)8-14-17-11-18-20(14)15/h8-9,11,13,16H,3-7,10H2,1-2H3. The minimum absolute atomic E-state index is 0.808. The lowest BCUT2D eigenvalue weighted by molar-refractivity contribution is 0.384. The molecule has 0 saturated carbocycles. The Labute approximate surface area is 120 Å². The van der Waals surface area contributed by atoms with Crippen LogP contribution < -0.4 is 10.2 Å². The number of pyridine rings is 1. The zero-order valence-electron chi connectivity index (χ0n) is 12.3. The van der Waals surface area contributed by atoms with E-state index in [2.05, 4.69) is 46.3 Å². The highest BCUT2D eigenvalue weighted by molar-refractivity contribution is 5.53. The molecule has 1 saturated heterocycles. The summed E-state index contributed by atoms with van der Waals surface area (Å²) in [6, 6.07) is 4.29. The summed E-state index contributed by atoms with van der Waals surface area (Å²) in [5.74, 6) is 1.99. The van der Waals surface area contributed by atoms with Crippen LogP contribution in [0.3, 0.4) is 0 Å². The van der Waals surface area contributed by atoms with E-state index in [-0.39, 0.29) is 0 Å². The Balaban J connectivity index is 1.75. The van der Waals surface area contributed by atoms with Crippen LogP contribution in [0.15, 0.2) is 18.5 Å². The van der Waals surface area contributed by atoms with E-state index in [1.54, 1.807) is 6.33 Å². The first-order chi connectivity index (χ1) is 9.78. The van der Waals surface area contributed by atoms with Crippen molar-refractivity contribution in [2.45, 2.75) is 26.7 Å². The highest BCUT2D eigenvalue weighted by atomic mass is 15.4. The van der Waals surface area contributed by atoms with Gasteiger partial charge in [-0.25, -0.2) is 4.98 Å². The van der Waals surface area contributed by atoms with Crippen LogP contribution in [0.2, 0.25) is 0 Å². The molecular weight excluding hydrogens is 250 g/mol. The summed E-state index contributed by atoms with van der Waals surface area (Å²) in [6.07, 6.45) is 4.13. The fraction of sp³-hybridized carbons (Fsp3) is 0.600. The lowest BCUT2D eigenvalue weighted by atomic mass is 9.96. The summed E-state index contributed by atoms with van der Waals surface area (Å²) < 4.78 is 1.96. The second-order valence-electron chi connectivity index (χ2n) is 5.66. The molecule has 1 N–H and O–H groups in total. The van der Waals surface area contributed by atoms with Gasteiger partial charge in [0.1, 0.15) is 12.1 Å². The SMILES string of the molecule is CCNCC1CCN(c2cc(C)cc3ncnn23)CC1. The molecule has 5 heteroatoms. The highest BCUT2D eigenvalue weighted by Crippen LogP contribution is 2.24. The molecule has 0 spiro atoms. The molecule has 108 valence electrons. The van der Waals surface area contributed by atoms with Gasteiger partial charge < -0.3 is 10.2 Å². The summed E-state index contributed by atoms with van der Waals surface area (Å²) in [7, 11) is 0. The number of nitrogens with zero attached hydrogens (tertiary/aromatic N) is 4. The number of hydrogen-bond acceptors (Lipinski definition) is 4. The fourth-order valence-electron chi connectivity index (χ4n) is 2.98. The number of rotatable bonds is 4. The van der Waals surface area contributed by atoms with E-state index < -0.39 is 0 Å². The van der Waals surface area contributed by atoms with Gasteiger partial charge in [0.05, 0.1) is 0 Å². The van der Waals surface area contributed by atoms with Crippen molar-refractivity contribution >= 4 is 11.5 Å². The third-order valence-electron chi connectivity index (χ3n) is 4.13. The van der Waals surface area contributed by atoms with Gasteiger partial charge in [0.25, 0.3) is 0 Å².